The van der Waals surface area contributed by atoms with Crippen molar-refractivity contribution in [2.45, 2.75) is 13.8 Å². The molecule has 0 radical (unpaired) electrons. The summed E-state index contributed by atoms with van der Waals surface area (Å²) in [5.74, 6) is 0. The highest BCUT2D eigenvalue weighted by Crippen LogP contribution is 2.05. The standard InChI is InChI=1S/C12H14/c1-3-4-5-8-12-9-6-7-11(2)10-12/h3-10H,1-2H3/b4-3-,8-5-. The van der Waals surface area contributed by atoms with Crippen molar-refractivity contribution in [1.29, 1.82) is 0 Å². The van der Waals surface area contributed by atoms with Crippen LogP contribution in [0, 0.1) is 6.92 Å². The third-order valence-electron chi connectivity index (χ3n) is 1.63. The second kappa shape index (κ2) is 4.55. The van der Waals surface area contributed by atoms with E-state index in [4.69, 9.17) is 0 Å². The molecular formula is C12H14. The first-order valence-corrected chi connectivity index (χ1v) is 4.19. The van der Waals surface area contributed by atoms with E-state index in [-0.39, 0.29) is 0 Å². The molecule has 0 heterocycles. The van der Waals surface area contributed by atoms with Crippen LogP contribution >= 0.6 is 0 Å². The third-order valence-corrected chi connectivity index (χ3v) is 1.63. The van der Waals surface area contributed by atoms with Gasteiger partial charge < -0.3 is 0 Å². The summed E-state index contributed by atoms with van der Waals surface area (Å²) in [5, 5.41) is 0. The van der Waals surface area contributed by atoms with E-state index >= 15 is 0 Å². The summed E-state index contributed by atoms with van der Waals surface area (Å²) in [7, 11) is 0. The molecule has 12 heavy (non-hydrogen) atoms. The minimum absolute atomic E-state index is 1.26. The Balaban J connectivity index is 2.76. The monoisotopic (exact) mass is 158 g/mol. The van der Waals surface area contributed by atoms with Gasteiger partial charge in [-0.1, -0.05) is 54.1 Å². The van der Waals surface area contributed by atoms with Crippen molar-refractivity contribution in [3.05, 3.63) is 53.6 Å². The van der Waals surface area contributed by atoms with Crippen molar-refractivity contribution in [2.75, 3.05) is 0 Å². The number of aryl methyl sites for hydroxylation is 1. The van der Waals surface area contributed by atoms with Gasteiger partial charge in [-0.05, 0) is 19.4 Å². The highest BCUT2D eigenvalue weighted by atomic mass is 13.9. The van der Waals surface area contributed by atoms with E-state index in [2.05, 4.69) is 43.3 Å². The predicted octanol–water partition coefficient (Wildman–Crippen LogP) is 3.58. The van der Waals surface area contributed by atoms with Crippen molar-refractivity contribution in [3.8, 4) is 0 Å². The van der Waals surface area contributed by atoms with E-state index < -0.39 is 0 Å². The summed E-state index contributed by atoms with van der Waals surface area (Å²) in [5.41, 5.74) is 2.56. The maximum absolute atomic E-state index is 2.17. The molecule has 0 bridgehead atoms. The molecule has 1 rings (SSSR count). The summed E-state index contributed by atoms with van der Waals surface area (Å²) in [6.45, 7) is 4.12. The molecule has 62 valence electrons. The molecule has 0 nitrogen and oxygen atoms in total. The summed E-state index contributed by atoms with van der Waals surface area (Å²) >= 11 is 0. The lowest BCUT2D eigenvalue weighted by atomic mass is 10.1. The van der Waals surface area contributed by atoms with E-state index in [0.29, 0.717) is 0 Å². The van der Waals surface area contributed by atoms with E-state index in [0.717, 1.165) is 0 Å². The Hall–Kier alpha value is -1.30. The van der Waals surface area contributed by atoms with Crippen LogP contribution in [0.5, 0.6) is 0 Å². The van der Waals surface area contributed by atoms with Crippen molar-refractivity contribution >= 4 is 6.08 Å². The predicted molar refractivity (Wildman–Crippen MR) is 55.0 cm³/mol. The first-order chi connectivity index (χ1) is 5.83. The van der Waals surface area contributed by atoms with Gasteiger partial charge in [0.2, 0.25) is 0 Å². The average Bonchev–Trinajstić information content (AvgIpc) is 2.05. The lowest BCUT2D eigenvalue weighted by molar-refractivity contribution is 1.46. The molecule has 0 aliphatic carbocycles. The lowest BCUT2D eigenvalue weighted by Crippen LogP contribution is -1.73. The summed E-state index contributed by atoms with van der Waals surface area (Å²) in [6.07, 6.45) is 8.20. The van der Waals surface area contributed by atoms with Gasteiger partial charge in [-0.15, -0.1) is 0 Å². The molecule has 1 aromatic carbocycles. The minimum atomic E-state index is 1.26. The van der Waals surface area contributed by atoms with E-state index in [1.807, 2.05) is 19.1 Å². The molecule has 0 heteroatoms. The fourth-order valence-corrected chi connectivity index (χ4v) is 1.05. The molecular weight excluding hydrogens is 144 g/mol. The Bertz CT molecular complexity index is 293. The molecule has 0 unspecified atom stereocenters. The highest BCUT2D eigenvalue weighted by Gasteiger charge is 1.84. The topological polar surface area (TPSA) is 0 Å². The van der Waals surface area contributed by atoms with Crippen LogP contribution in [-0.2, 0) is 0 Å². The van der Waals surface area contributed by atoms with Gasteiger partial charge in [0.05, 0.1) is 0 Å². The Morgan fingerprint density at radius 3 is 2.67 bits per heavy atom. The molecule has 0 atom stereocenters. The number of benzene rings is 1. The smallest absolute Gasteiger partial charge is 0.0254 e. The zero-order chi connectivity index (χ0) is 8.81. The molecule has 1 aromatic rings. The van der Waals surface area contributed by atoms with Crippen molar-refractivity contribution in [3.63, 3.8) is 0 Å². The molecule has 0 N–H and O–H groups in total. The van der Waals surface area contributed by atoms with Gasteiger partial charge in [-0.25, -0.2) is 0 Å². The van der Waals surface area contributed by atoms with E-state index in [1.165, 1.54) is 11.1 Å². The molecule has 0 saturated carbocycles. The van der Waals surface area contributed by atoms with Crippen LogP contribution in [0.1, 0.15) is 18.1 Å². The molecule has 0 fully saturated rings. The number of rotatable bonds is 2. The van der Waals surface area contributed by atoms with Gasteiger partial charge in [0, 0.05) is 0 Å². The average molecular weight is 158 g/mol. The summed E-state index contributed by atoms with van der Waals surface area (Å²) in [4.78, 5) is 0. The van der Waals surface area contributed by atoms with Gasteiger partial charge in [0.25, 0.3) is 0 Å². The SMILES string of the molecule is C/C=C\C=C/c1cccc(C)c1. The van der Waals surface area contributed by atoms with Crippen LogP contribution in [0.15, 0.2) is 42.5 Å². The van der Waals surface area contributed by atoms with Crippen LogP contribution in [0.4, 0.5) is 0 Å². The third kappa shape index (κ3) is 2.75. The Kier molecular flexibility index (Phi) is 3.34. The Morgan fingerprint density at radius 1 is 1.17 bits per heavy atom. The fraction of sp³-hybridized carbons (Fsp3) is 0.167. The normalized spacial score (nSPS) is 11.5. The van der Waals surface area contributed by atoms with E-state index in [9.17, 15) is 0 Å². The van der Waals surface area contributed by atoms with Crippen LogP contribution < -0.4 is 0 Å². The van der Waals surface area contributed by atoms with Crippen molar-refractivity contribution in [2.24, 2.45) is 0 Å². The molecule has 0 spiro atoms. The quantitative estimate of drug-likeness (QED) is 0.577. The second-order valence-electron chi connectivity index (χ2n) is 2.80. The van der Waals surface area contributed by atoms with Crippen LogP contribution in [0.25, 0.3) is 6.08 Å². The molecule has 0 amide bonds. The Morgan fingerprint density at radius 2 is 2.00 bits per heavy atom. The van der Waals surface area contributed by atoms with Crippen molar-refractivity contribution < 1.29 is 0 Å². The zero-order valence-corrected chi connectivity index (χ0v) is 7.62. The molecule has 0 aliphatic rings. The molecule has 0 aliphatic heterocycles. The summed E-state index contributed by atoms with van der Waals surface area (Å²) < 4.78 is 0. The lowest BCUT2D eigenvalue weighted by Gasteiger charge is -1.93. The van der Waals surface area contributed by atoms with Crippen LogP contribution in [-0.4, -0.2) is 0 Å². The van der Waals surface area contributed by atoms with Gasteiger partial charge in [0.1, 0.15) is 0 Å². The van der Waals surface area contributed by atoms with Gasteiger partial charge in [-0.3, -0.25) is 0 Å². The fourth-order valence-electron chi connectivity index (χ4n) is 1.05. The molecule has 0 saturated heterocycles. The Labute approximate surface area is 74.2 Å². The number of hydrogen-bond acceptors (Lipinski definition) is 0. The van der Waals surface area contributed by atoms with Crippen molar-refractivity contribution in [1.82, 2.24) is 0 Å². The van der Waals surface area contributed by atoms with Crippen LogP contribution in [0.3, 0.4) is 0 Å². The summed E-state index contributed by atoms with van der Waals surface area (Å²) in [6, 6.07) is 8.45. The number of hydrogen-bond donors (Lipinski definition) is 0. The van der Waals surface area contributed by atoms with Gasteiger partial charge in [-0.2, -0.15) is 0 Å². The number of allylic oxidation sites excluding steroid dienone is 3. The first kappa shape index (κ1) is 8.79. The highest BCUT2D eigenvalue weighted by molar-refractivity contribution is 5.51. The van der Waals surface area contributed by atoms with Gasteiger partial charge in [0.15, 0.2) is 0 Å². The largest absolute Gasteiger partial charge is 0.0877 e. The maximum Gasteiger partial charge on any atom is -0.0254 e. The maximum atomic E-state index is 2.17. The van der Waals surface area contributed by atoms with E-state index in [1.54, 1.807) is 0 Å². The zero-order valence-electron chi connectivity index (χ0n) is 7.62. The first-order valence-electron chi connectivity index (χ1n) is 4.19. The van der Waals surface area contributed by atoms with Crippen LogP contribution in [0.2, 0.25) is 0 Å². The minimum Gasteiger partial charge on any atom is -0.0877 e. The second-order valence-corrected chi connectivity index (χ2v) is 2.80. The van der Waals surface area contributed by atoms with Gasteiger partial charge >= 0.3 is 0 Å². The molecule has 0 aromatic heterocycles.